The van der Waals surface area contributed by atoms with Gasteiger partial charge in [-0.15, -0.1) is 0 Å². The maximum Gasteiger partial charge on any atom is 0.317 e. The molecule has 1 aliphatic rings. The number of hydrogen-bond acceptors (Lipinski definition) is 4. The number of rotatable bonds is 6. The van der Waals surface area contributed by atoms with E-state index in [1.54, 1.807) is 11.9 Å². The molecule has 2 amide bonds. The second-order valence-electron chi connectivity index (χ2n) is 6.48. The number of para-hydroxylation sites is 1. The Kier molecular flexibility index (Phi) is 4.13. The number of aromatic nitrogens is 3. The molecule has 3 aromatic rings. The van der Waals surface area contributed by atoms with Crippen LogP contribution in [0, 0.1) is 0 Å². The van der Waals surface area contributed by atoms with Crippen molar-refractivity contribution in [2.75, 3.05) is 13.6 Å². The van der Waals surface area contributed by atoms with Crippen molar-refractivity contribution < 1.29 is 9.32 Å². The van der Waals surface area contributed by atoms with Gasteiger partial charge in [0.15, 0.2) is 5.82 Å². The molecule has 7 nitrogen and oxygen atoms in total. The van der Waals surface area contributed by atoms with E-state index in [1.165, 1.54) is 10.9 Å². The van der Waals surface area contributed by atoms with Crippen molar-refractivity contribution in [2.45, 2.75) is 31.8 Å². The van der Waals surface area contributed by atoms with E-state index < -0.39 is 0 Å². The molecule has 0 bridgehead atoms. The van der Waals surface area contributed by atoms with Gasteiger partial charge in [-0.1, -0.05) is 23.4 Å². The highest BCUT2D eigenvalue weighted by molar-refractivity contribution is 5.80. The molecule has 0 unspecified atom stereocenters. The molecule has 0 radical (unpaired) electrons. The third-order valence-corrected chi connectivity index (χ3v) is 4.45. The summed E-state index contributed by atoms with van der Waals surface area (Å²) in [6.45, 7) is 1.59. The van der Waals surface area contributed by atoms with Crippen molar-refractivity contribution >= 4 is 16.9 Å². The maximum atomic E-state index is 12.2. The molecule has 130 valence electrons. The predicted octanol–water partition coefficient (Wildman–Crippen LogP) is 2.74. The lowest BCUT2D eigenvalue weighted by atomic mass is 10.2. The Hall–Kier alpha value is -2.83. The van der Waals surface area contributed by atoms with Gasteiger partial charge in [0.1, 0.15) is 6.54 Å². The first kappa shape index (κ1) is 15.7. The van der Waals surface area contributed by atoms with Gasteiger partial charge in [-0.05, 0) is 30.4 Å². The van der Waals surface area contributed by atoms with Crippen LogP contribution < -0.4 is 5.32 Å². The monoisotopic (exact) mass is 339 g/mol. The van der Waals surface area contributed by atoms with Crippen LogP contribution in [0.3, 0.4) is 0 Å². The van der Waals surface area contributed by atoms with Gasteiger partial charge in [0, 0.05) is 37.8 Å². The number of nitrogens with one attached hydrogen (secondary N) is 1. The smallest absolute Gasteiger partial charge is 0.317 e. The first-order valence-electron chi connectivity index (χ1n) is 8.56. The van der Waals surface area contributed by atoms with Crippen LogP contribution in [-0.4, -0.2) is 39.2 Å². The van der Waals surface area contributed by atoms with E-state index in [1.807, 2.05) is 18.3 Å². The minimum atomic E-state index is -0.150. The largest absolute Gasteiger partial charge is 0.346 e. The average molecular weight is 339 g/mol. The summed E-state index contributed by atoms with van der Waals surface area (Å²) in [5.41, 5.74) is 1.17. The molecule has 2 heterocycles. The van der Waals surface area contributed by atoms with Gasteiger partial charge in [0.05, 0.1) is 0 Å². The molecule has 0 spiro atoms. The summed E-state index contributed by atoms with van der Waals surface area (Å²) >= 11 is 0. The molecule has 4 rings (SSSR count). The lowest BCUT2D eigenvalue weighted by Gasteiger charge is -2.16. The molecule has 1 fully saturated rings. The molecular weight excluding hydrogens is 318 g/mol. The number of urea groups is 1. The highest BCUT2D eigenvalue weighted by atomic mass is 16.5. The van der Waals surface area contributed by atoms with Crippen molar-refractivity contribution in [3.63, 3.8) is 0 Å². The van der Waals surface area contributed by atoms with Crippen LogP contribution in [0.5, 0.6) is 0 Å². The maximum absolute atomic E-state index is 12.2. The Balaban J connectivity index is 1.27. The second kappa shape index (κ2) is 6.58. The Morgan fingerprint density at radius 3 is 3.04 bits per heavy atom. The molecule has 1 aromatic carbocycles. The summed E-state index contributed by atoms with van der Waals surface area (Å²) in [5, 5.41) is 8.09. The van der Waals surface area contributed by atoms with Crippen LogP contribution in [-0.2, 0) is 13.1 Å². The van der Waals surface area contributed by atoms with Crippen molar-refractivity contribution in [3.05, 3.63) is 48.2 Å². The Bertz CT molecular complexity index is 880. The van der Waals surface area contributed by atoms with Gasteiger partial charge in [0.25, 0.3) is 0 Å². The molecule has 7 heteroatoms. The third-order valence-electron chi connectivity index (χ3n) is 4.45. The first-order valence-corrected chi connectivity index (χ1v) is 8.56. The fraction of sp³-hybridized carbons (Fsp3) is 0.389. The van der Waals surface area contributed by atoms with Gasteiger partial charge >= 0.3 is 6.03 Å². The lowest BCUT2D eigenvalue weighted by molar-refractivity contribution is 0.199. The topological polar surface area (TPSA) is 76.2 Å². The summed E-state index contributed by atoms with van der Waals surface area (Å²) in [5.74, 6) is 1.70. The van der Waals surface area contributed by atoms with Gasteiger partial charge in [0.2, 0.25) is 5.89 Å². The Morgan fingerprint density at radius 2 is 2.20 bits per heavy atom. The standard InChI is InChI=1S/C18H21N5O2/c1-22(12-16-20-17(21-25-16)14-6-7-14)18(24)19-9-11-23-10-8-13-4-2-3-5-15(13)23/h2-5,8,10,14H,6-7,9,11-12H2,1H3,(H,19,24). The number of nitrogens with zero attached hydrogens (tertiary/aromatic N) is 4. The Morgan fingerprint density at radius 1 is 1.36 bits per heavy atom. The van der Waals surface area contributed by atoms with Crippen molar-refractivity contribution in [2.24, 2.45) is 0 Å². The quantitative estimate of drug-likeness (QED) is 0.749. The zero-order chi connectivity index (χ0) is 17.2. The number of hydrogen-bond donors (Lipinski definition) is 1. The van der Waals surface area contributed by atoms with Gasteiger partial charge in [-0.25, -0.2) is 4.79 Å². The van der Waals surface area contributed by atoms with Crippen LogP contribution in [0.1, 0.15) is 30.5 Å². The van der Waals surface area contributed by atoms with E-state index in [-0.39, 0.29) is 6.03 Å². The minimum Gasteiger partial charge on any atom is -0.346 e. The van der Waals surface area contributed by atoms with Crippen molar-refractivity contribution in [1.29, 1.82) is 0 Å². The van der Waals surface area contributed by atoms with Gasteiger partial charge in [-0.2, -0.15) is 4.98 Å². The molecule has 1 saturated carbocycles. The molecule has 0 aliphatic heterocycles. The second-order valence-corrected chi connectivity index (χ2v) is 6.48. The van der Waals surface area contributed by atoms with E-state index in [0.717, 1.165) is 25.2 Å². The van der Waals surface area contributed by atoms with E-state index in [9.17, 15) is 4.79 Å². The van der Waals surface area contributed by atoms with Crippen LogP contribution in [0.25, 0.3) is 10.9 Å². The number of amides is 2. The molecule has 25 heavy (non-hydrogen) atoms. The number of carbonyl (C=O) groups excluding carboxylic acids is 1. The molecule has 1 aliphatic carbocycles. The molecule has 0 saturated heterocycles. The van der Waals surface area contributed by atoms with E-state index in [2.05, 4.69) is 38.2 Å². The summed E-state index contributed by atoms with van der Waals surface area (Å²) in [6.07, 6.45) is 4.30. The fourth-order valence-electron chi connectivity index (χ4n) is 2.87. The molecular formula is C18H21N5O2. The number of fused-ring (bicyclic) bond motifs is 1. The molecule has 1 N–H and O–H groups in total. The van der Waals surface area contributed by atoms with Gasteiger partial charge in [-0.3, -0.25) is 0 Å². The van der Waals surface area contributed by atoms with E-state index in [4.69, 9.17) is 4.52 Å². The fourth-order valence-corrected chi connectivity index (χ4v) is 2.87. The summed E-state index contributed by atoms with van der Waals surface area (Å²) < 4.78 is 7.35. The van der Waals surface area contributed by atoms with Crippen LogP contribution in [0.2, 0.25) is 0 Å². The highest BCUT2D eigenvalue weighted by Gasteiger charge is 2.29. The van der Waals surface area contributed by atoms with Crippen molar-refractivity contribution in [1.82, 2.24) is 24.9 Å². The zero-order valence-electron chi connectivity index (χ0n) is 14.2. The molecule has 0 atom stereocenters. The third kappa shape index (κ3) is 3.50. The Labute approximate surface area is 145 Å². The SMILES string of the molecule is CN(Cc1nc(C2CC2)no1)C(=O)NCCn1ccc2ccccc21. The van der Waals surface area contributed by atoms with Gasteiger partial charge < -0.3 is 19.3 Å². The first-order chi connectivity index (χ1) is 12.2. The normalized spacial score (nSPS) is 14.0. The number of benzene rings is 1. The van der Waals surface area contributed by atoms with E-state index in [0.29, 0.717) is 24.9 Å². The summed E-state index contributed by atoms with van der Waals surface area (Å²) in [4.78, 5) is 18.1. The number of carbonyl (C=O) groups is 1. The van der Waals surface area contributed by atoms with Crippen molar-refractivity contribution in [3.8, 4) is 0 Å². The molecule has 2 aromatic heterocycles. The van der Waals surface area contributed by atoms with E-state index >= 15 is 0 Å². The van der Waals surface area contributed by atoms with Crippen LogP contribution >= 0.6 is 0 Å². The summed E-state index contributed by atoms with van der Waals surface area (Å²) in [7, 11) is 1.72. The van der Waals surface area contributed by atoms with Crippen LogP contribution in [0.4, 0.5) is 4.79 Å². The highest BCUT2D eigenvalue weighted by Crippen LogP contribution is 2.38. The minimum absolute atomic E-state index is 0.150. The predicted molar refractivity (Wildman–Crippen MR) is 93.1 cm³/mol. The lowest BCUT2D eigenvalue weighted by Crippen LogP contribution is -2.38. The van der Waals surface area contributed by atoms with Crippen LogP contribution in [0.15, 0.2) is 41.1 Å². The summed E-state index contributed by atoms with van der Waals surface area (Å²) in [6, 6.07) is 10.1. The zero-order valence-corrected chi connectivity index (χ0v) is 14.2. The average Bonchev–Trinajstić information content (AvgIpc) is 3.24.